The zero-order chi connectivity index (χ0) is 18.9. The van der Waals surface area contributed by atoms with Crippen molar-refractivity contribution < 1.29 is 9.18 Å². The summed E-state index contributed by atoms with van der Waals surface area (Å²) in [5, 5.41) is 11.7. The Balaban J connectivity index is 1.77. The molecule has 0 radical (unpaired) electrons. The number of benzene rings is 1. The number of hydrogen-bond acceptors (Lipinski definition) is 3. The number of hydrogen-bond donors (Lipinski definition) is 1. The predicted molar refractivity (Wildman–Crippen MR) is 97.7 cm³/mol. The number of nitrogens with one attached hydrogen (secondary N) is 1. The monoisotopic (exact) mass is 375 g/mol. The second kappa shape index (κ2) is 6.92. The van der Waals surface area contributed by atoms with E-state index in [2.05, 4.69) is 15.5 Å². The molecular formula is C18H19ClFN5O. The fraction of sp³-hybridized carbons (Fsp3) is 0.278. The first kappa shape index (κ1) is 18.1. The number of carbonyl (C=O) groups is 1. The number of nitrogens with zero attached hydrogens (tertiary/aromatic N) is 4. The van der Waals surface area contributed by atoms with Crippen LogP contribution in [-0.4, -0.2) is 25.5 Å². The van der Waals surface area contributed by atoms with E-state index in [9.17, 15) is 9.18 Å². The standard InChI is InChI=1S/C18H19ClFN5O/c1-12-8-16(23-24(12)10-13-6-4-5-7-15(13)20)22-17(26)18(2,3)25-11-14(19)9-21-25/h4-9,11H,10H2,1-3H3,(H,22,23,26). The Hall–Kier alpha value is -2.67. The van der Waals surface area contributed by atoms with Gasteiger partial charge in [0, 0.05) is 23.5 Å². The number of carbonyl (C=O) groups excluding carboxylic acids is 1. The molecule has 0 fully saturated rings. The van der Waals surface area contributed by atoms with E-state index in [1.807, 2.05) is 6.92 Å². The minimum absolute atomic E-state index is 0.284. The lowest BCUT2D eigenvalue weighted by molar-refractivity contribution is -0.123. The van der Waals surface area contributed by atoms with Crippen molar-refractivity contribution in [2.24, 2.45) is 0 Å². The van der Waals surface area contributed by atoms with E-state index >= 15 is 0 Å². The van der Waals surface area contributed by atoms with Gasteiger partial charge in [0.15, 0.2) is 5.82 Å². The van der Waals surface area contributed by atoms with E-state index in [1.165, 1.54) is 16.9 Å². The molecule has 0 aliphatic rings. The van der Waals surface area contributed by atoms with Crippen LogP contribution in [0, 0.1) is 12.7 Å². The summed E-state index contributed by atoms with van der Waals surface area (Å²) in [6, 6.07) is 8.28. The Bertz CT molecular complexity index is 947. The van der Waals surface area contributed by atoms with Crippen LogP contribution >= 0.6 is 11.6 Å². The highest BCUT2D eigenvalue weighted by atomic mass is 35.5. The van der Waals surface area contributed by atoms with Gasteiger partial charge in [0.2, 0.25) is 0 Å². The van der Waals surface area contributed by atoms with E-state index in [-0.39, 0.29) is 18.3 Å². The SMILES string of the molecule is Cc1cc(NC(=O)C(C)(C)n2cc(Cl)cn2)nn1Cc1ccccc1F. The molecule has 0 spiro atoms. The van der Waals surface area contributed by atoms with Gasteiger partial charge < -0.3 is 5.32 Å². The Morgan fingerprint density at radius 3 is 2.73 bits per heavy atom. The maximum absolute atomic E-state index is 13.8. The van der Waals surface area contributed by atoms with Crippen molar-refractivity contribution in [3.8, 4) is 0 Å². The van der Waals surface area contributed by atoms with Crippen LogP contribution < -0.4 is 5.32 Å². The summed E-state index contributed by atoms with van der Waals surface area (Å²) in [5.41, 5.74) is 0.391. The molecule has 6 nitrogen and oxygen atoms in total. The summed E-state index contributed by atoms with van der Waals surface area (Å²) < 4.78 is 17.0. The molecule has 0 saturated carbocycles. The molecule has 3 aromatic rings. The Morgan fingerprint density at radius 1 is 1.35 bits per heavy atom. The number of anilines is 1. The fourth-order valence-electron chi connectivity index (χ4n) is 2.50. The second-order valence-corrected chi connectivity index (χ2v) is 6.97. The average molecular weight is 376 g/mol. The first-order valence-electron chi connectivity index (χ1n) is 8.07. The number of rotatable bonds is 5. The van der Waals surface area contributed by atoms with Crippen molar-refractivity contribution in [1.29, 1.82) is 0 Å². The number of aryl methyl sites for hydroxylation is 1. The maximum atomic E-state index is 13.8. The van der Waals surface area contributed by atoms with Crippen molar-refractivity contribution in [3.05, 3.63) is 64.8 Å². The van der Waals surface area contributed by atoms with Crippen molar-refractivity contribution in [2.75, 3.05) is 5.32 Å². The van der Waals surface area contributed by atoms with E-state index < -0.39 is 5.54 Å². The van der Waals surface area contributed by atoms with E-state index in [0.717, 1.165) is 5.69 Å². The molecule has 2 heterocycles. The molecule has 0 aliphatic heterocycles. The van der Waals surface area contributed by atoms with Crippen LogP contribution in [-0.2, 0) is 16.9 Å². The van der Waals surface area contributed by atoms with Gasteiger partial charge in [-0.2, -0.15) is 10.2 Å². The van der Waals surface area contributed by atoms with Gasteiger partial charge in [0.25, 0.3) is 5.91 Å². The Kier molecular flexibility index (Phi) is 4.82. The van der Waals surface area contributed by atoms with Crippen molar-refractivity contribution in [3.63, 3.8) is 0 Å². The molecule has 1 N–H and O–H groups in total. The van der Waals surface area contributed by atoms with Crippen LogP contribution in [0.2, 0.25) is 5.02 Å². The van der Waals surface area contributed by atoms with E-state index in [0.29, 0.717) is 16.4 Å². The summed E-state index contributed by atoms with van der Waals surface area (Å²) in [6.45, 7) is 5.60. The smallest absolute Gasteiger partial charge is 0.252 e. The number of halogens is 2. The lowest BCUT2D eigenvalue weighted by Gasteiger charge is -2.23. The van der Waals surface area contributed by atoms with Crippen molar-refractivity contribution in [2.45, 2.75) is 32.9 Å². The highest BCUT2D eigenvalue weighted by Gasteiger charge is 2.31. The molecule has 0 unspecified atom stereocenters. The zero-order valence-corrected chi connectivity index (χ0v) is 15.5. The molecule has 1 aromatic carbocycles. The molecule has 26 heavy (non-hydrogen) atoms. The van der Waals surface area contributed by atoms with E-state index in [1.54, 1.807) is 49.0 Å². The van der Waals surface area contributed by atoms with Crippen LogP contribution in [0.5, 0.6) is 0 Å². The average Bonchev–Trinajstić information content (AvgIpc) is 3.16. The number of aromatic nitrogens is 4. The quantitative estimate of drug-likeness (QED) is 0.741. The molecule has 0 aliphatic carbocycles. The predicted octanol–water partition coefficient (Wildman–Crippen LogP) is 3.60. The molecule has 1 amide bonds. The first-order valence-corrected chi connectivity index (χ1v) is 8.45. The zero-order valence-electron chi connectivity index (χ0n) is 14.7. The lowest BCUT2D eigenvalue weighted by atomic mass is 10.1. The largest absolute Gasteiger partial charge is 0.307 e. The highest BCUT2D eigenvalue weighted by Crippen LogP contribution is 2.20. The molecule has 8 heteroatoms. The molecule has 136 valence electrons. The highest BCUT2D eigenvalue weighted by molar-refractivity contribution is 6.30. The molecule has 3 rings (SSSR count). The van der Waals surface area contributed by atoms with Crippen LogP contribution in [0.25, 0.3) is 0 Å². The first-order chi connectivity index (χ1) is 12.3. The van der Waals surface area contributed by atoms with Crippen LogP contribution in [0.4, 0.5) is 10.2 Å². The minimum atomic E-state index is -0.948. The van der Waals surface area contributed by atoms with Gasteiger partial charge in [0.1, 0.15) is 11.4 Å². The van der Waals surface area contributed by atoms with Crippen molar-refractivity contribution >= 4 is 23.3 Å². The minimum Gasteiger partial charge on any atom is -0.307 e. The van der Waals surface area contributed by atoms with E-state index in [4.69, 9.17) is 11.6 Å². The molecule has 0 atom stereocenters. The van der Waals surface area contributed by atoms with Gasteiger partial charge in [-0.3, -0.25) is 14.2 Å². The summed E-state index contributed by atoms with van der Waals surface area (Å²) in [4.78, 5) is 12.7. The van der Waals surface area contributed by atoms with Gasteiger partial charge in [-0.1, -0.05) is 29.8 Å². The lowest BCUT2D eigenvalue weighted by Crippen LogP contribution is -2.40. The maximum Gasteiger partial charge on any atom is 0.252 e. The molecule has 2 aromatic heterocycles. The third-order valence-electron chi connectivity index (χ3n) is 4.18. The second-order valence-electron chi connectivity index (χ2n) is 6.54. The van der Waals surface area contributed by atoms with Crippen LogP contribution in [0.1, 0.15) is 25.1 Å². The topological polar surface area (TPSA) is 64.7 Å². The Morgan fingerprint density at radius 2 is 2.08 bits per heavy atom. The molecule has 0 saturated heterocycles. The van der Waals surface area contributed by atoms with Crippen molar-refractivity contribution in [1.82, 2.24) is 19.6 Å². The fourth-order valence-corrected chi connectivity index (χ4v) is 2.64. The normalized spacial score (nSPS) is 11.6. The van der Waals surface area contributed by atoms with Gasteiger partial charge in [0.05, 0.1) is 17.8 Å². The summed E-state index contributed by atoms with van der Waals surface area (Å²) >= 11 is 5.88. The third kappa shape index (κ3) is 3.62. The van der Waals surface area contributed by atoms with Crippen LogP contribution in [0.3, 0.4) is 0 Å². The number of amides is 1. The summed E-state index contributed by atoms with van der Waals surface area (Å²) in [6.07, 6.45) is 3.06. The van der Waals surface area contributed by atoms with Gasteiger partial charge in [-0.25, -0.2) is 4.39 Å². The van der Waals surface area contributed by atoms with Gasteiger partial charge in [-0.05, 0) is 26.8 Å². The molecular weight excluding hydrogens is 357 g/mol. The van der Waals surface area contributed by atoms with Gasteiger partial charge >= 0.3 is 0 Å². The molecule has 0 bridgehead atoms. The third-order valence-corrected chi connectivity index (χ3v) is 4.38. The summed E-state index contributed by atoms with van der Waals surface area (Å²) in [5.74, 6) is -0.173. The van der Waals surface area contributed by atoms with Crippen LogP contribution in [0.15, 0.2) is 42.7 Å². The summed E-state index contributed by atoms with van der Waals surface area (Å²) in [7, 11) is 0. The van der Waals surface area contributed by atoms with Gasteiger partial charge in [-0.15, -0.1) is 0 Å². The Labute approximate surface area is 155 Å².